The van der Waals surface area contributed by atoms with E-state index in [1.54, 1.807) is 29.7 Å². The lowest BCUT2D eigenvalue weighted by molar-refractivity contribution is 0.282. The summed E-state index contributed by atoms with van der Waals surface area (Å²) >= 11 is 0. The molecule has 12 heteroatoms. The van der Waals surface area contributed by atoms with E-state index in [0.29, 0.717) is 35.3 Å². The maximum atomic E-state index is 13.1. The summed E-state index contributed by atoms with van der Waals surface area (Å²) in [5.74, 6) is 1.37. The Morgan fingerprint density at radius 1 is 1.09 bits per heavy atom. The molecule has 166 valence electrons. The van der Waals surface area contributed by atoms with Crippen LogP contribution in [0.2, 0.25) is 0 Å². The summed E-state index contributed by atoms with van der Waals surface area (Å²) in [5.41, 5.74) is 3.16. The second-order valence-electron chi connectivity index (χ2n) is 7.25. The first-order valence-corrected chi connectivity index (χ1v) is 9.96. The Balaban J connectivity index is 1.36. The van der Waals surface area contributed by atoms with Crippen LogP contribution in [-0.4, -0.2) is 45.1 Å². The molecule has 0 fully saturated rings. The Kier molecular flexibility index (Phi) is 5.30. The Bertz CT molecular complexity index is 1390. The van der Waals surface area contributed by atoms with Gasteiger partial charge < -0.3 is 9.26 Å². The monoisotopic (exact) mass is 447 g/mol. The Hall–Kier alpha value is -4.48. The van der Waals surface area contributed by atoms with Gasteiger partial charge in [0.15, 0.2) is 5.82 Å². The zero-order chi connectivity index (χ0) is 22.8. The fourth-order valence-electron chi connectivity index (χ4n) is 3.25. The van der Waals surface area contributed by atoms with Crippen molar-refractivity contribution in [2.24, 2.45) is 14.1 Å². The van der Waals surface area contributed by atoms with Gasteiger partial charge in [-0.15, -0.1) is 5.10 Å². The first kappa shape index (κ1) is 20.4. The minimum atomic E-state index is -0.431. The van der Waals surface area contributed by atoms with Crippen molar-refractivity contribution in [3.05, 3.63) is 71.7 Å². The van der Waals surface area contributed by atoms with E-state index < -0.39 is 5.82 Å². The standard InChI is InChI=1S/C21H18FN9O2/c1-30-17(12-32-19-7-6-15(22)10-23-19)16(11-24-30)21-25-20(27-33-21)14-5-3-4-13(8-14)9-18-26-28-29-31(18)2/h3-8,10-11H,9,12H2,1-2H3. The zero-order valence-corrected chi connectivity index (χ0v) is 17.8. The van der Waals surface area contributed by atoms with Gasteiger partial charge in [0.1, 0.15) is 12.4 Å². The lowest BCUT2D eigenvalue weighted by atomic mass is 10.1. The highest BCUT2D eigenvalue weighted by molar-refractivity contribution is 5.61. The van der Waals surface area contributed by atoms with Crippen molar-refractivity contribution in [2.45, 2.75) is 13.0 Å². The van der Waals surface area contributed by atoms with Crippen LogP contribution in [0.15, 0.2) is 53.3 Å². The first-order valence-electron chi connectivity index (χ1n) is 9.96. The molecule has 0 amide bonds. The van der Waals surface area contributed by atoms with Crippen LogP contribution in [0.5, 0.6) is 5.88 Å². The molecule has 1 aromatic carbocycles. The Labute approximate surface area is 186 Å². The highest BCUT2D eigenvalue weighted by atomic mass is 19.1. The molecule has 0 saturated heterocycles. The third kappa shape index (κ3) is 4.31. The van der Waals surface area contributed by atoms with Crippen LogP contribution < -0.4 is 4.74 Å². The van der Waals surface area contributed by atoms with E-state index in [2.05, 4.69) is 35.7 Å². The van der Waals surface area contributed by atoms with Crippen LogP contribution in [0, 0.1) is 5.82 Å². The Morgan fingerprint density at radius 2 is 2.00 bits per heavy atom. The van der Waals surface area contributed by atoms with Crippen LogP contribution in [0.4, 0.5) is 4.39 Å². The van der Waals surface area contributed by atoms with Crippen molar-refractivity contribution in [1.82, 2.24) is 45.1 Å². The molecule has 5 rings (SSSR count). The van der Waals surface area contributed by atoms with E-state index in [-0.39, 0.29) is 6.61 Å². The number of nitrogens with zero attached hydrogens (tertiary/aromatic N) is 9. The average Bonchev–Trinajstić information content (AvgIpc) is 3.55. The lowest BCUT2D eigenvalue weighted by Crippen LogP contribution is -2.05. The maximum Gasteiger partial charge on any atom is 0.261 e. The lowest BCUT2D eigenvalue weighted by Gasteiger charge is -2.06. The molecule has 0 spiro atoms. The number of ether oxygens (including phenoxy) is 1. The molecule has 4 aromatic heterocycles. The number of benzene rings is 1. The zero-order valence-electron chi connectivity index (χ0n) is 17.8. The third-order valence-electron chi connectivity index (χ3n) is 5.03. The van der Waals surface area contributed by atoms with Crippen LogP contribution in [-0.2, 0) is 27.1 Å². The molecule has 0 saturated carbocycles. The van der Waals surface area contributed by atoms with Crippen molar-refractivity contribution >= 4 is 0 Å². The number of aryl methyl sites for hydroxylation is 2. The first-order chi connectivity index (χ1) is 16.1. The average molecular weight is 447 g/mol. The molecule has 5 aromatic rings. The normalized spacial score (nSPS) is 11.1. The van der Waals surface area contributed by atoms with E-state index in [4.69, 9.17) is 9.26 Å². The molecule has 33 heavy (non-hydrogen) atoms. The van der Waals surface area contributed by atoms with Gasteiger partial charge >= 0.3 is 0 Å². The molecule has 0 atom stereocenters. The van der Waals surface area contributed by atoms with Crippen molar-refractivity contribution in [2.75, 3.05) is 0 Å². The molecule has 0 aliphatic heterocycles. The van der Waals surface area contributed by atoms with E-state index in [0.717, 1.165) is 23.1 Å². The van der Waals surface area contributed by atoms with Gasteiger partial charge in [-0.1, -0.05) is 23.4 Å². The minimum Gasteiger partial charge on any atom is -0.471 e. The van der Waals surface area contributed by atoms with Crippen LogP contribution in [0.1, 0.15) is 17.1 Å². The smallest absolute Gasteiger partial charge is 0.261 e. The van der Waals surface area contributed by atoms with Gasteiger partial charge in [-0.05, 0) is 28.1 Å². The SMILES string of the molecule is Cn1nnnc1Cc1cccc(-c2noc(-c3cnn(C)c3COc3ccc(F)cn3)n2)c1. The minimum absolute atomic E-state index is 0.142. The van der Waals surface area contributed by atoms with E-state index in [1.807, 2.05) is 24.3 Å². The summed E-state index contributed by atoms with van der Waals surface area (Å²) < 4.78 is 27.5. The predicted octanol–water partition coefficient (Wildman–Crippen LogP) is 2.36. The quantitative estimate of drug-likeness (QED) is 0.370. The number of pyridine rings is 1. The fourth-order valence-corrected chi connectivity index (χ4v) is 3.25. The van der Waals surface area contributed by atoms with Crippen LogP contribution >= 0.6 is 0 Å². The van der Waals surface area contributed by atoms with Crippen molar-refractivity contribution in [3.8, 4) is 28.7 Å². The molecule has 11 nitrogen and oxygen atoms in total. The van der Waals surface area contributed by atoms with Gasteiger partial charge in [-0.3, -0.25) is 4.68 Å². The van der Waals surface area contributed by atoms with E-state index >= 15 is 0 Å². The number of hydrogen-bond donors (Lipinski definition) is 0. The number of halogens is 1. The topological polar surface area (TPSA) is 122 Å². The third-order valence-corrected chi connectivity index (χ3v) is 5.03. The molecule has 0 radical (unpaired) electrons. The second kappa shape index (κ2) is 8.57. The summed E-state index contributed by atoms with van der Waals surface area (Å²) in [4.78, 5) is 8.45. The highest BCUT2D eigenvalue weighted by Crippen LogP contribution is 2.26. The second-order valence-corrected chi connectivity index (χ2v) is 7.25. The molecule has 0 aliphatic rings. The summed E-state index contributed by atoms with van der Waals surface area (Å²) in [5, 5.41) is 20.0. The Morgan fingerprint density at radius 3 is 2.79 bits per heavy atom. The van der Waals surface area contributed by atoms with Crippen LogP contribution in [0.3, 0.4) is 0 Å². The number of aromatic nitrogens is 9. The van der Waals surface area contributed by atoms with Crippen molar-refractivity contribution in [1.29, 1.82) is 0 Å². The summed E-state index contributed by atoms with van der Waals surface area (Å²) in [6.07, 6.45) is 3.30. The summed E-state index contributed by atoms with van der Waals surface area (Å²) in [7, 11) is 3.58. The van der Waals surface area contributed by atoms with Gasteiger partial charge in [-0.2, -0.15) is 10.1 Å². The molecule has 0 unspecified atom stereocenters. The molecule has 0 bridgehead atoms. The predicted molar refractivity (Wildman–Crippen MR) is 112 cm³/mol. The van der Waals surface area contributed by atoms with Gasteiger partial charge in [0, 0.05) is 32.1 Å². The highest BCUT2D eigenvalue weighted by Gasteiger charge is 2.19. The molecule has 0 aliphatic carbocycles. The number of tetrazole rings is 1. The maximum absolute atomic E-state index is 13.1. The van der Waals surface area contributed by atoms with E-state index in [1.165, 1.54) is 12.1 Å². The van der Waals surface area contributed by atoms with E-state index in [9.17, 15) is 4.39 Å². The van der Waals surface area contributed by atoms with Gasteiger partial charge in [0.25, 0.3) is 5.89 Å². The van der Waals surface area contributed by atoms with Gasteiger partial charge in [0.05, 0.1) is 23.7 Å². The summed E-state index contributed by atoms with van der Waals surface area (Å²) in [6.45, 7) is 0.142. The van der Waals surface area contributed by atoms with Crippen LogP contribution in [0.25, 0.3) is 22.8 Å². The number of hydrogen-bond acceptors (Lipinski definition) is 9. The fraction of sp³-hybridized carbons (Fsp3) is 0.190. The summed E-state index contributed by atoms with van der Waals surface area (Å²) in [6, 6.07) is 10.5. The molecule has 4 heterocycles. The van der Waals surface area contributed by atoms with Gasteiger partial charge in [-0.25, -0.2) is 14.1 Å². The van der Waals surface area contributed by atoms with Gasteiger partial charge in [0.2, 0.25) is 11.7 Å². The number of rotatable bonds is 7. The molecule has 0 N–H and O–H groups in total. The van der Waals surface area contributed by atoms with Crippen molar-refractivity contribution < 1.29 is 13.7 Å². The molecular formula is C21H18FN9O2. The van der Waals surface area contributed by atoms with Crippen molar-refractivity contribution in [3.63, 3.8) is 0 Å². The molecular weight excluding hydrogens is 429 g/mol. The largest absolute Gasteiger partial charge is 0.471 e.